The van der Waals surface area contributed by atoms with E-state index in [2.05, 4.69) is 45.9 Å². The molecule has 1 aromatic heterocycles. The van der Waals surface area contributed by atoms with Crippen LogP contribution in [0.2, 0.25) is 0 Å². The van der Waals surface area contributed by atoms with E-state index in [1.807, 2.05) is 23.6 Å². The highest BCUT2D eigenvalue weighted by Gasteiger charge is 2.17. The van der Waals surface area contributed by atoms with Crippen LogP contribution in [0, 0.1) is 13.8 Å². The van der Waals surface area contributed by atoms with Crippen molar-refractivity contribution in [3.63, 3.8) is 0 Å². The van der Waals surface area contributed by atoms with E-state index < -0.39 is 0 Å². The first kappa shape index (κ1) is 16.5. The number of aromatic nitrogens is 1. The molecule has 3 nitrogen and oxygen atoms in total. The Labute approximate surface area is 132 Å². The number of aryl methyl sites for hydroxylation is 2. The van der Waals surface area contributed by atoms with Gasteiger partial charge in [-0.15, -0.1) is 0 Å². The van der Waals surface area contributed by atoms with E-state index in [9.17, 15) is 4.79 Å². The Bertz CT molecular complexity index is 729. The second kappa shape index (κ2) is 6.49. The summed E-state index contributed by atoms with van der Waals surface area (Å²) in [5, 5.41) is 0. The molecule has 0 radical (unpaired) electrons. The fourth-order valence-corrected chi connectivity index (χ4v) is 2.77. The van der Waals surface area contributed by atoms with E-state index in [0.717, 1.165) is 17.7 Å². The van der Waals surface area contributed by atoms with Crippen LogP contribution in [0.5, 0.6) is 0 Å². The van der Waals surface area contributed by atoms with Gasteiger partial charge < -0.3 is 10.3 Å². The average Bonchev–Trinajstić information content (AvgIpc) is 2.48. The number of pyridine rings is 1. The van der Waals surface area contributed by atoms with Crippen LogP contribution in [0.1, 0.15) is 56.0 Å². The summed E-state index contributed by atoms with van der Waals surface area (Å²) < 4.78 is 1.90. The quantitative estimate of drug-likeness (QED) is 0.923. The summed E-state index contributed by atoms with van der Waals surface area (Å²) >= 11 is 0. The molecule has 0 bridgehead atoms. The van der Waals surface area contributed by atoms with Gasteiger partial charge in [0.25, 0.3) is 5.56 Å². The molecule has 22 heavy (non-hydrogen) atoms. The number of hydrogen-bond acceptors (Lipinski definition) is 2. The molecule has 0 aliphatic carbocycles. The SMILES string of the molecule is CCC(C)n1c(-c2cc(C)ccc2C)ccc(C(C)N)c1=O. The predicted molar refractivity (Wildman–Crippen MR) is 93.2 cm³/mol. The zero-order valence-electron chi connectivity index (χ0n) is 14.2. The van der Waals surface area contributed by atoms with Gasteiger partial charge in [-0.3, -0.25) is 4.79 Å². The predicted octanol–water partition coefficient (Wildman–Crippen LogP) is 4.12. The summed E-state index contributed by atoms with van der Waals surface area (Å²) in [7, 11) is 0. The third-order valence-corrected chi connectivity index (χ3v) is 4.34. The number of hydrogen-bond donors (Lipinski definition) is 1. The monoisotopic (exact) mass is 298 g/mol. The molecule has 1 aromatic carbocycles. The Balaban J connectivity index is 2.78. The van der Waals surface area contributed by atoms with Gasteiger partial charge in [0.2, 0.25) is 0 Å². The van der Waals surface area contributed by atoms with Gasteiger partial charge in [-0.2, -0.15) is 0 Å². The smallest absolute Gasteiger partial charge is 0.256 e. The molecular weight excluding hydrogens is 272 g/mol. The molecule has 1 heterocycles. The summed E-state index contributed by atoms with van der Waals surface area (Å²) in [6.07, 6.45) is 0.903. The Morgan fingerprint density at radius 2 is 1.82 bits per heavy atom. The van der Waals surface area contributed by atoms with Crippen molar-refractivity contribution in [2.45, 2.75) is 53.1 Å². The maximum atomic E-state index is 12.9. The van der Waals surface area contributed by atoms with Crippen molar-refractivity contribution in [3.05, 3.63) is 57.4 Å². The van der Waals surface area contributed by atoms with Crippen LogP contribution in [0.3, 0.4) is 0 Å². The van der Waals surface area contributed by atoms with Gasteiger partial charge in [0.05, 0.1) is 5.69 Å². The van der Waals surface area contributed by atoms with Gasteiger partial charge in [-0.1, -0.05) is 24.6 Å². The van der Waals surface area contributed by atoms with E-state index in [-0.39, 0.29) is 17.6 Å². The van der Waals surface area contributed by atoms with Gasteiger partial charge in [0.15, 0.2) is 0 Å². The van der Waals surface area contributed by atoms with E-state index in [0.29, 0.717) is 5.56 Å². The van der Waals surface area contributed by atoms with Gasteiger partial charge in [0.1, 0.15) is 0 Å². The summed E-state index contributed by atoms with van der Waals surface area (Å²) in [4.78, 5) is 12.9. The van der Waals surface area contributed by atoms with E-state index >= 15 is 0 Å². The molecule has 2 aromatic rings. The molecule has 0 amide bonds. The van der Waals surface area contributed by atoms with Crippen molar-refractivity contribution in [2.75, 3.05) is 0 Å². The molecule has 0 fully saturated rings. The highest BCUT2D eigenvalue weighted by Crippen LogP contribution is 2.27. The summed E-state index contributed by atoms with van der Waals surface area (Å²) in [6, 6.07) is 10.2. The first-order valence-corrected chi connectivity index (χ1v) is 7.95. The van der Waals surface area contributed by atoms with Crippen LogP contribution in [-0.2, 0) is 0 Å². The minimum atomic E-state index is -0.254. The summed E-state index contributed by atoms with van der Waals surface area (Å²) in [5.74, 6) is 0. The lowest BCUT2D eigenvalue weighted by molar-refractivity contribution is 0.513. The van der Waals surface area contributed by atoms with Crippen molar-refractivity contribution in [1.29, 1.82) is 0 Å². The third-order valence-electron chi connectivity index (χ3n) is 4.34. The van der Waals surface area contributed by atoms with Crippen LogP contribution < -0.4 is 11.3 Å². The Morgan fingerprint density at radius 1 is 1.14 bits per heavy atom. The highest BCUT2D eigenvalue weighted by atomic mass is 16.1. The van der Waals surface area contributed by atoms with Crippen molar-refractivity contribution < 1.29 is 0 Å². The zero-order valence-corrected chi connectivity index (χ0v) is 14.2. The lowest BCUT2D eigenvalue weighted by Gasteiger charge is -2.22. The first-order chi connectivity index (χ1) is 10.4. The van der Waals surface area contributed by atoms with Crippen molar-refractivity contribution >= 4 is 0 Å². The average molecular weight is 298 g/mol. The van der Waals surface area contributed by atoms with Crippen LogP contribution in [0.15, 0.2) is 35.1 Å². The van der Waals surface area contributed by atoms with E-state index in [1.54, 1.807) is 0 Å². The Morgan fingerprint density at radius 3 is 2.41 bits per heavy atom. The minimum Gasteiger partial charge on any atom is -0.324 e. The Hall–Kier alpha value is -1.87. The molecule has 3 heteroatoms. The number of nitrogens with zero attached hydrogens (tertiary/aromatic N) is 1. The standard InChI is InChI=1S/C19H26N2O/c1-6-14(4)21-18(10-9-16(15(5)20)19(21)22)17-11-12(2)7-8-13(17)3/h7-11,14-15H,6,20H2,1-5H3. The van der Waals surface area contributed by atoms with Crippen molar-refractivity contribution in [2.24, 2.45) is 5.73 Å². The molecule has 0 saturated carbocycles. The highest BCUT2D eigenvalue weighted by molar-refractivity contribution is 5.65. The van der Waals surface area contributed by atoms with E-state index in [4.69, 9.17) is 5.73 Å². The minimum absolute atomic E-state index is 0.0303. The second-order valence-corrected chi connectivity index (χ2v) is 6.21. The summed E-state index contributed by atoms with van der Waals surface area (Å²) in [6.45, 7) is 10.2. The molecule has 2 unspecified atom stereocenters. The van der Waals surface area contributed by atoms with Crippen LogP contribution in [0.25, 0.3) is 11.3 Å². The zero-order chi connectivity index (χ0) is 16.4. The maximum Gasteiger partial charge on any atom is 0.256 e. The normalized spacial score (nSPS) is 13.9. The number of rotatable bonds is 4. The maximum absolute atomic E-state index is 12.9. The molecule has 2 rings (SSSR count). The van der Waals surface area contributed by atoms with Gasteiger partial charge in [-0.05, 0) is 57.9 Å². The van der Waals surface area contributed by atoms with Crippen LogP contribution in [0.4, 0.5) is 0 Å². The largest absolute Gasteiger partial charge is 0.324 e. The van der Waals surface area contributed by atoms with E-state index in [1.165, 1.54) is 11.1 Å². The molecule has 118 valence electrons. The topological polar surface area (TPSA) is 48.0 Å². The summed E-state index contributed by atoms with van der Waals surface area (Å²) in [5.41, 5.74) is 11.1. The fraction of sp³-hybridized carbons (Fsp3) is 0.421. The second-order valence-electron chi connectivity index (χ2n) is 6.21. The molecule has 2 N–H and O–H groups in total. The van der Waals surface area contributed by atoms with Gasteiger partial charge in [-0.25, -0.2) is 0 Å². The van der Waals surface area contributed by atoms with Crippen LogP contribution in [-0.4, -0.2) is 4.57 Å². The molecular formula is C19H26N2O. The first-order valence-electron chi connectivity index (χ1n) is 7.95. The van der Waals surface area contributed by atoms with Gasteiger partial charge in [0, 0.05) is 23.2 Å². The fourth-order valence-electron chi connectivity index (χ4n) is 2.77. The lowest BCUT2D eigenvalue weighted by atomic mass is 9.99. The van der Waals surface area contributed by atoms with Crippen LogP contribution >= 0.6 is 0 Å². The van der Waals surface area contributed by atoms with Crippen molar-refractivity contribution in [3.8, 4) is 11.3 Å². The number of nitrogens with two attached hydrogens (primary N) is 1. The van der Waals surface area contributed by atoms with Crippen molar-refractivity contribution in [1.82, 2.24) is 4.57 Å². The molecule has 0 aliphatic rings. The van der Waals surface area contributed by atoms with Gasteiger partial charge >= 0.3 is 0 Å². The third kappa shape index (κ3) is 3.00. The molecule has 0 aliphatic heterocycles. The lowest BCUT2D eigenvalue weighted by Crippen LogP contribution is -2.30. The molecule has 0 saturated heterocycles. The molecule has 0 spiro atoms. The Kier molecular flexibility index (Phi) is 4.87. The number of benzene rings is 1. The molecule has 2 atom stereocenters.